The first-order valence-corrected chi connectivity index (χ1v) is 8.66. The number of halogens is 1. The van der Waals surface area contributed by atoms with Crippen LogP contribution < -0.4 is 15.5 Å². The van der Waals surface area contributed by atoms with Gasteiger partial charge in [-0.15, -0.1) is 35.3 Å². The van der Waals surface area contributed by atoms with E-state index in [9.17, 15) is 0 Å². The normalized spacial score (nSPS) is 10.9. The Kier molecular flexibility index (Phi) is 9.13. The van der Waals surface area contributed by atoms with Gasteiger partial charge in [0, 0.05) is 43.1 Å². The zero-order valence-corrected chi connectivity index (χ0v) is 17.9. The number of nitrogens with zero attached hydrogens (tertiary/aromatic N) is 2. The maximum atomic E-state index is 4.27. The van der Waals surface area contributed by atoms with Gasteiger partial charge in [-0.05, 0) is 43.2 Å². The maximum absolute atomic E-state index is 4.27. The van der Waals surface area contributed by atoms with Crippen LogP contribution in [-0.4, -0.2) is 33.6 Å². The van der Waals surface area contributed by atoms with E-state index in [2.05, 4.69) is 77.9 Å². The third-order valence-electron chi connectivity index (χ3n) is 3.61. The van der Waals surface area contributed by atoms with Crippen LogP contribution in [0.3, 0.4) is 0 Å². The second kappa shape index (κ2) is 10.6. The molecule has 0 unspecified atom stereocenters. The fourth-order valence-electron chi connectivity index (χ4n) is 2.26. The highest BCUT2D eigenvalue weighted by Crippen LogP contribution is 2.14. The van der Waals surface area contributed by atoms with E-state index in [4.69, 9.17) is 0 Å². The van der Waals surface area contributed by atoms with Crippen LogP contribution >= 0.6 is 35.3 Å². The lowest BCUT2D eigenvalue weighted by molar-refractivity contribution is 0.799. The largest absolute Gasteiger partial charge is 0.378 e. The van der Waals surface area contributed by atoms with Crippen LogP contribution in [0.15, 0.2) is 41.4 Å². The lowest BCUT2D eigenvalue weighted by Crippen LogP contribution is -2.37. The summed E-state index contributed by atoms with van der Waals surface area (Å²) in [5.41, 5.74) is 2.55. The molecule has 0 saturated heterocycles. The molecule has 0 spiro atoms. The van der Waals surface area contributed by atoms with Gasteiger partial charge in [-0.2, -0.15) is 0 Å². The monoisotopic (exact) mass is 458 g/mol. The third kappa shape index (κ3) is 6.68. The summed E-state index contributed by atoms with van der Waals surface area (Å²) < 4.78 is 0. The summed E-state index contributed by atoms with van der Waals surface area (Å²) in [7, 11) is 5.92. The standard InChI is InChI=1S/C18H26N4S.HI/c1-14-5-10-17(23-14)13-21-18(19-2)20-12-11-15-6-8-16(9-7-15)22(3)4;/h5-10H,11-13H2,1-4H3,(H2,19,20,21);1H. The highest BCUT2D eigenvalue weighted by Gasteiger charge is 2.01. The second-order valence-electron chi connectivity index (χ2n) is 5.68. The first kappa shape index (κ1) is 20.8. The Labute approximate surface area is 166 Å². The zero-order valence-electron chi connectivity index (χ0n) is 14.8. The van der Waals surface area contributed by atoms with Crippen molar-refractivity contribution in [1.82, 2.24) is 10.6 Å². The fraction of sp³-hybridized carbons (Fsp3) is 0.389. The Morgan fingerprint density at radius 3 is 2.33 bits per heavy atom. The van der Waals surface area contributed by atoms with E-state index in [1.54, 1.807) is 7.05 Å². The van der Waals surface area contributed by atoms with Crippen molar-refractivity contribution in [3.8, 4) is 0 Å². The molecule has 1 aromatic heterocycles. The average molecular weight is 458 g/mol. The summed E-state index contributed by atoms with van der Waals surface area (Å²) in [6.07, 6.45) is 0.979. The summed E-state index contributed by atoms with van der Waals surface area (Å²) in [6.45, 7) is 3.81. The molecule has 2 aromatic rings. The van der Waals surface area contributed by atoms with Crippen molar-refractivity contribution in [3.63, 3.8) is 0 Å². The van der Waals surface area contributed by atoms with Crippen molar-refractivity contribution in [2.75, 3.05) is 32.6 Å². The Bertz CT molecular complexity index is 635. The smallest absolute Gasteiger partial charge is 0.191 e. The van der Waals surface area contributed by atoms with Crippen molar-refractivity contribution >= 4 is 47.0 Å². The van der Waals surface area contributed by atoms with Crippen molar-refractivity contribution in [3.05, 3.63) is 51.7 Å². The first-order chi connectivity index (χ1) is 11.1. The summed E-state index contributed by atoms with van der Waals surface area (Å²) in [6, 6.07) is 13.0. The lowest BCUT2D eigenvalue weighted by atomic mass is 10.1. The SMILES string of the molecule is CN=C(NCCc1ccc(N(C)C)cc1)NCc1ccc(C)s1.I. The molecule has 1 aromatic carbocycles. The number of aryl methyl sites for hydroxylation is 1. The quantitative estimate of drug-likeness (QED) is 0.395. The number of aliphatic imine (C=N–C) groups is 1. The van der Waals surface area contributed by atoms with Gasteiger partial charge < -0.3 is 15.5 Å². The van der Waals surface area contributed by atoms with E-state index >= 15 is 0 Å². The molecule has 0 fully saturated rings. The van der Waals surface area contributed by atoms with Crippen molar-refractivity contribution in [1.29, 1.82) is 0 Å². The topological polar surface area (TPSA) is 39.7 Å². The number of guanidine groups is 1. The van der Waals surface area contributed by atoms with E-state index in [1.165, 1.54) is 21.0 Å². The molecule has 0 aliphatic carbocycles. The van der Waals surface area contributed by atoms with Gasteiger partial charge in [0.15, 0.2) is 5.96 Å². The van der Waals surface area contributed by atoms with Crippen molar-refractivity contribution < 1.29 is 0 Å². The molecule has 0 amide bonds. The van der Waals surface area contributed by atoms with Crippen LogP contribution in [-0.2, 0) is 13.0 Å². The van der Waals surface area contributed by atoms with Crippen LogP contribution in [0.4, 0.5) is 5.69 Å². The van der Waals surface area contributed by atoms with E-state index in [0.29, 0.717) is 0 Å². The van der Waals surface area contributed by atoms with Crippen LogP contribution in [0, 0.1) is 6.92 Å². The molecule has 4 nitrogen and oxygen atoms in total. The number of nitrogens with one attached hydrogen (secondary N) is 2. The summed E-state index contributed by atoms with van der Waals surface area (Å²) in [4.78, 5) is 9.04. The van der Waals surface area contributed by atoms with Gasteiger partial charge in [0.25, 0.3) is 0 Å². The molecular weight excluding hydrogens is 431 g/mol. The number of hydrogen-bond acceptors (Lipinski definition) is 3. The maximum Gasteiger partial charge on any atom is 0.191 e. The first-order valence-electron chi connectivity index (χ1n) is 7.84. The fourth-order valence-corrected chi connectivity index (χ4v) is 3.09. The number of anilines is 1. The van der Waals surface area contributed by atoms with E-state index in [1.807, 2.05) is 11.3 Å². The van der Waals surface area contributed by atoms with Gasteiger partial charge in [0.2, 0.25) is 0 Å². The highest BCUT2D eigenvalue weighted by atomic mass is 127. The van der Waals surface area contributed by atoms with E-state index < -0.39 is 0 Å². The Morgan fingerprint density at radius 2 is 1.79 bits per heavy atom. The van der Waals surface area contributed by atoms with Crippen LogP contribution in [0.1, 0.15) is 15.3 Å². The minimum Gasteiger partial charge on any atom is -0.378 e. The van der Waals surface area contributed by atoms with Gasteiger partial charge >= 0.3 is 0 Å². The Balaban J connectivity index is 0.00000288. The summed E-state index contributed by atoms with van der Waals surface area (Å²) >= 11 is 1.82. The van der Waals surface area contributed by atoms with Crippen LogP contribution in [0.25, 0.3) is 0 Å². The third-order valence-corrected chi connectivity index (χ3v) is 4.61. The molecule has 132 valence electrons. The minimum atomic E-state index is 0. The molecule has 0 radical (unpaired) electrons. The van der Waals surface area contributed by atoms with Gasteiger partial charge in [-0.1, -0.05) is 12.1 Å². The minimum absolute atomic E-state index is 0. The molecule has 0 saturated carbocycles. The van der Waals surface area contributed by atoms with Crippen molar-refractivity contribution in [2.24, 2.45) is 4.99 Å². The van der Waals surface area contributed by atoms with Gasteiger partial charge in [0.1, 0.15) is 0 Å². The number of rotatable bonds is 6. The predicted octanol–water partition coefficient (Wildman–Crippen LogP) is 3.65. The number of thiophene rings is 1. The number of benzene rings is 1. The molecule has 0 bridgehead atoms. The average Bonchev–Trinajstić information content (AvgIpc) is 2.96. The predicted molar refractivity (Wildman–Crippen MR) is 117 cm³/mol. The van der Waals surface area contributed by atoms with Crippen molar-refractivity contribution in [2.45, 2.75) is 19.9 Å². The van der Waals surface area contributed by atoms with Crippen LogP contribution in [0.5, 0.6) is 0 Å². The lowest BCUT2D eigenvalue weighted by Gasteiger charge is -2.13. The number of hydrogen-bond donors (Lipinski definition) is 2. The highest BCUT2D eigenvalue weighted by molar-refractivity contribution is 14.0. The van der Waals surface area contributed by atoms with Gasteiger partial charge in [-0.3, -0.25) is 4.99 Å². The van der Waals surface area contributed by atoms with Gasteiger partial charge in [0.05, 0.1) is 6.54 Å². The molecule has 24 heavy (non-hydrogen) atoms. The summed E-state index contributed by atoms with van der Waals surface area (Å²) in [5, 5.41) is 6.72. The van der Waals surface area contributed by atoms with Crippen LogP contribution in [0.2, 0.25) is 0 Å². The molecule has 0 aliphatic heterocycles. The van der Waals surface area contributed by atoms with E-state index in [-0.39, 0.29) is 24.0 Å². The Morgan fingerprint density at radius 1 is 1.08 bits per heavy atom. The molecule has 0 aliphatic rings. The van der Waals surface area contributed by atoms with E-state index in [0.717, 1.165) is 25.5 Å². The summed E-state index contributed by atoms with van der Waals surface area (Å²) in [5.74, 6) is 0.848. The molecule has 1 heterocycles. The molecule has 0 atom stereocenters. The molecule has 2 rings (SSSR count). The molecule has 6 heteroatoms. The Hall–Kier alpha value is -1.28. The van der Waals surface area contributed by atoms with Gasteiger partial charge in [-0.25, -0.2) is 0 Å². The molecular formula is C18H27IN4S. The zero-order chi connectivity index (χ0) is 16.7. The molecule has 2 N–H and O–H groups in total. The second-order valence-corrected chi connectivity index (χ2v) is 7.05.